The summed E-state index contributed by atoms with van der Waals surface area (Å²) in [5.41, 5.74) is 1.92. The van der Waals surface area contributed by atoms with Gasteiger partial charge in [-0.15, -0.1) is 0 Å². The summed E-state index contributed by atoms with van der Waals surface area (Å²) in [5.74, 6) is 0.581. The standard InChI is InChI=1S/C25H24BrNO5/c1-4-22(28)31-20-9-7-8-16-10-12-19(27-24(16)20)13-11-17-14-18(26)15-21(30-6-3)25(17)32-23(29)5-2/h7-15H,4-6H2,1-3H3. The summed E-state index contributed by atoms with van der Waals surface area (Å²) >= 11 is 3.48. The molecule has 6 nitrogen and oxygen atoms in total. The molecule has 0 amide bonds. The molecule has 0 unspecified atom stereocenters. The summed E-state index contributed by atoms with van der Waals surface area (Å²) in [6.07, 6.45) is 4.13. The fraction of sp³-hybridized carbons (Fsp3) is 0.240. The summed E-state index contributed by atoms with van der Waals surface area (Å²) in [5, 5.41) is 0.863. The lowest BCUT2D eigenvalue weighted by atomic mass is 10.1. The van der Waals surface area contributed by atoms with E-state index in [2.05, 4.69) is 20.9 Å². The summed E-state index contributed by atoms with van der Waals surface area (Å²) in [7, 11) is 0. The van der Waals surface area contributed by atoms with Crippen molar-refractivity contribution in [1.82, 2.24) is 4.98 Å². The fourth-order valence-corrected chi connectivity index (χ4v) is 3.41. The van der Waals surface area contributed by atoms with Crippen LogP contribution in [0, 0.1) is 0 Å². The van der Waals surface area contributed by atoms with Gasteiger partial charge in [-0.3, -0.25) is 9.59 Å². The molecule has 0 N–H and O–H groups in total. The number of hydrogen-bond acceptors (Lipinski definition) is 6. The summed E-state index contributed by atoms with van der Waals surface area (Å²) < 4.78 is 17.4. The van der Waals surface area contributed by atoms with Gasteiger partial charge in [-0.2, -0.15) is 0 Å². The first-order valence-corrected chi connectivity index (χ1v) is 11.2. The van der Waals surface area contributed by atoms with Crippen LogP contribution in [-0.4, -0.2) is 23.5 Å². The van der Waals surface area contributed by atoms with E-state index >= 15 is 0 Å². The third-order valence-corrected chi connectivity index (χ3v) is 4.96. The molecule has 0 radical (unpaired) electrons. The van der Waals surface area contributed by atoms with Gasteiger partial charge in [0.1, 0.15) is 5.52 Å². The van der Waals surface area contributed by atoms with Crippen molar-refractivity contribution in [3.63, 3.8) is 0 Å². The molecule has 3 aromatic rings. The van der Waals surface area contributed by atoms with Crippen LogP contribution < -0.4 is 14.2 Å². The zero-order valence-electron chi connectivity index (χ0n) is 18.2. The Morgan fingerprint density at radius 2 is 1.69 bits per heavy atom. The molecule has 166 valence electrons. The van der Waals surface area contributed by atoms with E-state index in [1.807, 2.05) is 37.3 Å². The average Bonchev–Trinajstić information content (AvgIpc) is 2.79. The number of halogens is 1. The Hall–Kier alpha value is -3.19. The number of rotatable bonds is 8. The van der Waals surface area contributed by atoms with Gasteiger partial charge >= 0.3 is 11.9 Å². The van der Waals surface area contributed by atoms with Crippen LogP contribution in [0.5, 0.6) is 17.2 Å². The Bertz CT molecular complexity index is 1170. The Balaban J connectivity index is 2.02. The number of para-hydroxylation sites is 1. The molecule has 0 aliphatic carbocycles. The first kappa shape index (κ1) is 23.5. The highest BCUT2D eigenvalue weighted by atomic mass is 79.9. The molecule has 0 spiro atoms. The molecule has 32 heavy (non-hydrogen) atoms. The van der Waals surface area contributed by atoms with Crippen molar-refractivity contribution in [3.8, 4) is 17.2 Å². The van der Waals surface area contributed by atoms with Crippen LogP contribution in [0.3, 0.4) is 0 Å². The molecule has 1 heterocycles. The third-order valence-electron chi connectivity index (χ3n) is 4.50. The number of carbonyl (C=O) groups is 2. The second-order valence-corrected chi connectivity index (χ2v) is 7.72. The van der Waals surface area contributed by atoms with Crippen LogP contribution >= 0.6 is 15.9 Å². The third kappa shape index (κ3) is 5.73. The number of nitrogens with zero attached hydrogens (tertiary/aromatic N) is 1. The minimum absolute atomic E-state index is 0.246. The van der Waals surface area contributed by atoms with Crippen LogP contribution in [0.15, 0.2) is 46.9 Å². The van der Waals surface area contributed by atoms with E-state index in [-0.39, 0.29) is 24.8 Å². The fourth-order valence-electron chi connectivity index (χ4n) is 2.95. The second kappa shape index (κ2) is 10.9. The smallest absolute Gasteiger partial charge is 0.311 e. The van der Waals surface area contributed by atoms with Crippen LogP contribution in [-0.2, 0) is 9.59 Å². The first-order chi connectivity index (χ1) is 15.4. The van der Waals surface area contributed by atoms with Gasteiger partial charge in [-0.25, -0.2) is 4.98 Å². The Labute approximate surface area is 195 Å². The van der Waals surface area contributed by atoms with Crippen LogP contribution in [0.1, 0.15) is 44.9 Å². The molecule has 0 saturated heterocycles. The topological polar surface area (TPSA) is 74.7 Å². The number of pyridine rings is 1. The minimum atomic E-state index is -0.353. The van der Waals surface area contributed by atoms with Gasteiger partial charge in [0.25, 0.3) is 0 Å². The van der Waals surface area contributed by atoms with Crippen molar-refractivity contribution < 1.29 is 23.8 Å². The quantitative estimate of drug-likeness (QED) is 0.272. The van der Waals surface area contributed by atoms with Crippen molar-refractivity contribution in [2.45, 2.75) is 33.6 Å². The summed E-state index contributed by atoms with van der Waals surface area (Å²) in [6.45, 7) is 5.77. The molecule has 3 rings (SSSR count). The highest BCUT2D eigenvalue weighted by Crippen LogP contribution is 2.36. The lowest BCUT2D eigenvalue weighted by Gasteiger charge is -2.14. The van der Waals surface area contributed by atoms with Crippen molar-refractivity contribution in [1.29, 1.82) is 0 Å². The maximum atomic E-state index is 12.0. The van der Waals surface area contributed by atoms with E-state index in [1.54, 1.807) is 38.1 Å². The zero-order valence-corrected chi connectivity index (χ0v) is 19.8. The Morgan fingerprint density at radius 3 is 2.41 bits per heavy atom. The van der Waals surface area contributed by atoms with Crippen LogP contribution in [0.25, 0.3) is 23.1 Å². The largest absolute Gasteiger partial charge is 0.490 e. The van der Waals surface area contributed by atoms with Gasteiger partial charge in [0, 0.05) is 28.3 Å². The molecule has 2 aromatic carbocycles. The second-order valence-electron chi connectivity index (χ2n) is 6.81. The lowest BCUT2D eigenvalue weighted by molar-refractivity contribution is -0.134. The molecule has 0 fully saturated rings. The summed E-state index contributed by atoms with van der Waals surface area (Å²) in [6, 6.07) is 12.8. The molecule has 1 aromatic heterocycles. The van der Waals surface area contributed by atoms with E-state index in [4.69, 9.17) is 14.2 Å². The maximum Gasteiger partial charge on any atom is 0.311 e. The molecular formula is C25H24BrNO5. The highest BCUT2D eigenvalue weighted by molar-refractivity contribution is 9.10. The SMILES string of the molecule is CCOc1cc(Br)cc(C=Cc2ccc3cccc(OC(=O)CC)c3n2)c1OC(=O)CC. The summed E-state index contributed by atoms with van der Waals surface area (Å²) in [4.78, 5) is 28.4. The molecule has 0 atom stereocenters. The van der Waals surface area contributed by atoms with Gasteiger partial charge in [-0.05, 0) is 43.3 Å². The molecule has 7 heteroatoms. The van der Waals surface area contributed by atoms with Crippen molar-refractivity contribution in [2.24, 2.45) is 0 Å². The number of esters is 2. The van der Waals surface area contributed by atoms with Crippen LogP contribution in [0.4, 0.5) is 0 Å². The number of fused-ring (bicyclic) bond motifs is 1. The molecule has 0 aliphatic heterocycles. The lowest BCUT2D eigenvalue weighted by Crippen LogP contribution is -2.08. The van der Waals surface area contributed by atoms with Crippen molar-refractivity contribution >= 4 is 50.9 Å². The van der Waals surface area contributed by atoms with Gasteiger partial charge in [0.05, 0.1) is 12.3 Å². The van der Waals surface area contributed by atoms with Gasteiger partial charge in [0.15, 0.2) is 17.2 Å². The van der Waals surface area contributed by atoms with Crippen LogP contribution in [0.2, 0.25) is 0 Å². The predicted octanol–water partition coefficient (Wildman–Crippen LogP) is 6.20. The van der Waals surface area contributed by atoms with Crippen molar-refractivity contribution in [3.05, 3.63) is 58.2 Å². The predicted molar refractivity (Wildman–Crippen MR) is 128 cm³/mol. The number of ether oxygens (including phenoxy) is 3. The van der Waals surface area contributed by atoms with Crippen molar-refractivity contribution in [2.75, 3.05) is 6.61 Å². The number of aromatic nitrogens is 1. The van der Waals surface area contributed by atoms with Gasteiger partial charge in [0.2, 0.25) is 0 Å². The van der Waals surface area contributed by atoms with E-state index in [0.717, 1.165) is 9.86 Å². The Kier molecular flexibility index (Phi) is 8.00. The number of benzene rings is 2. The zero-order chi connectivity index (χ0) is 23.1. The average molecular weight is 498 g/mol. The van der Waals surface area contributed by atoms with E-state index in [0.29, 0.717) is 40.6 Å². The van der Waals surface area contributed by atoms with E-state index in [1.165, 1.54) is 0 Å². The minimum Gasteiger partial charge on any atom is -0.490 e. The molecule has 0 bridgehead atoms. The molecular weight excluding hydrogens is 474 g/mol. The number of carbonyl (C=O) groups excluding carboxylic acids is 2. The Morgan fingerprint density at radius 1 is 0.938 bits per heavy atom. The monoisotopic (exact) mass is 497 g/mol. The van der Waals surface area contributed by atoms with E-state index < -0.39 is 0 Å². The maximum absolute atomic E-state index is 12.0. The highest BCUT2D eigenvalue weighted by Gasteiger charge is 2.15. The molecule has 0 aliphatic rings. The van der Waals surface area contributed by atoms with Gasteiger partial charge in [-0.1, -0.05) is 48.0 Å². The van der Waals surface area contributed by atoms with E-state index in [9.17, 15) is 9.59 Å². The normalized spacial score (nSPS) is 11.0. The number of hydrogen-bond donors (Lipinski definition) is 0. The first-order valence-electron chi connectivity index (χ1n) is 10.4. The van der Waals surface area contributed by atoms with Gasteiger partial charge < -0.3 is 14.2 Å². The molecule has 0 saturated carbocycles.